The minimum absolute atomic E-state index is 0.139. The molecule has 0 spiro atoms. The monoisotopic (exact) mass is 356 g/mol. The molecule has 3 nitrogen and oxygen atoms in total. The molecule has 0 bridgehead atoms. The predicted octanol–water partition coefficient (Wildman–Crippen LogP) is 4.63. The van der Waals surface area contributed by atoms with Gasteiger partial charge in [0.15, 0.2) is 6.23 Å². The SMILES string of the molecule is CCC1CN(c2ccc(Br)cc2)C(c2cccc(C#N)c2)O1. The van der Waals surface area contributed by atoms with E-state index < -0.39 is 0 Å². The lowest BCUT2D eigenvalue weighted by atomic mass is 10.1. The average molecular weight is 357 g/mol. The second-order valence-corrected chi connectivity index (χ2v) is 6.30. The van der Waals surface area contributed by atoms with Gasteiger partial charge in [-0.3, -0.25) is 0 Å². The van der Waals surface area contributed by atoms with Crippen molar-refractivity contribution >= 4 is 21.6 Å². The summed E-state index contributed by atoms with van der Waals surface area (Å²) < 4.78 is 7.26. The van der Waals surface area contributed by atoms with Crippen molar-refractivity contribution < 1.29 is 4.74 Å². The summed E-state index contributed by atoms with van der Waals surface area (Å²) in [7, 11) is 0. The molecule has 0 saturated carbocycles. The zero-order valence-corrected chi connectivity index (χ0v) is 14.0. The van der Waals surface area contributed by atoms with Crippen molar-refractivity contribution in [2.75, 3.05) is 11.4 Å². The van der Waals surface area contributed by atoms with Gasteiger partial charge in [0.2, 0.25) is 0 Å². The van der Waals surface area contributed by atoms with Gasteiger partial charge in [0.05, 0.1) is 17.7 Å². The minimum atomic E-state index is -0.139. The molecule has 1 heterocycles. The molecular weight excluding hydrogens is 340 g/mol. The third kappa shape index (κ3) is 3.01. The van der Waals surface area contributed by atoms with Crippen LogP contribution in [-0.4, -0.2) is 12.6 Å². The second-order valence-electron chi connectivity index (χ2n) is 5.38. The van der Waals surface area contributed by atoms with E-state index in [1.165, 1.54) is 0 Å². The summed E-state index contributed by atoms with van der Waals surface area (Å²) in [5.74, 6) is 0. The Kier molecular flexibility index (Phi) is 4.47. The third-order valence-electron chi connectivity index (χ3n) is 3.92. The van der Waals surface area contributed by atoms with Crippen molar-refractivity contribution in [2.24, 2.45) is 0 Å². The van der Waals surface area contributed by atoms with E-state index in [2.05, 4.69) is 46.0 Å². The largest absolute Gasteiger partial charge is 0.349 e. The summed E-state index contributed by atoms with van der Waals surface area (Å²) in [5, 5.41) is 9.11. The highest BCUT2D eigenvalue weighted by molar-refractivity contribution is 9.10. The molecular formula is C18H17BrN2O. The highest BCUT2D eigenvalue weighted by atomic mass is 79.9. The first-order valence-electron chi connectivity index (χ1n) is 7.39. The first kappa shape index (κ1) is 15.1. The summed E-state index contributed by atoms with van der Waals surface area (Å²) in [6.45, 7) is 3.00. The van der Waals surface area contributed by atoms with E-state index in [-0.39, 0.29) is 12.3 Å². The maximum absolute atomic E-state index is 9.11. The molecule has 4 heteroatoms. The third-order valence-corrected chi connectivity index (χ3v) is 4.45. The zero-order chi connectivity index (χ0) is 15.5. The molecule has 22 heavy (non-hydrogen) atoms. The minimum Gasteiger partial charge on any atom is -0.349 e. The summed E-state index contributed by atoms with van der Waals surface area (Å²) >= 11 is 3.47. The van der Waals surface area contributed by atoms with Crippen LogP contribution in [-0.2, 0) is 4.74 Å². The molecule has 0 radical (unpaired) electrons. The van der Waals surface area contributed by atoms with Gasteiger partial charge in [-0.05, 0) is 42.8 Å². The number of nitriles is 1. The maximum atomic E-state index is 9.11. The van der Waals surface area contributed by atoms with Gasteiger partial charge >= 0.3 is 0 Å². The Morgan fingerprint density at radius 3 is 2.73 bits per heavy atom. The summed E-state index contributed by atoms with van der Waals surface area (Å²) in [6.07, 6.45) is 1.04. The quantitative estimate of drug-likeness (QED) is 0.803. The van der Waals surface area contributed by atoms with Crippen molar-refractivity contribution in [1.29, 1.82) is 5.26 Å². The van der Waals surface area contributed by atoms with E-state index in [9.17, 15) is 0 Å². The number of hydrogen-bond acceptors (Lipinski definition) is 3. The Hall–Kier alpha value is -1.83. The van der Waals surface area contributed by atoms with Gasteiger partial charge in [-0.1, -0.05) is 35.0 Å². The fourth-order valence-electron chi connectivity index (χ4n) is 2.73. The molecule has 0 N–H and O–H groups in total. The molecule has 1 aliphatic rings. The Bertz CT molecular complexity index is 693. The van der Waals surface area contributed by atoms with E-state index in [1.807, 2.05) is 36.4 Å². The van der Waals surface area contributed by atoms with Crippen LogP contribution in [0.25, 0.3) is 0 Å². The lowest BCUT2D eigenvalue weighted by molar-refractivity contribution is 0.0462. The Morgan fingerprint density at radius 1 is 1.27 bits per heavy atom. The van der Waals surface area contributed by atoms with Gasteiger partial charge in [0, 0.05) is 22.3 Å². The van der Waals surface area contributed by atoms with Crippen molar-refractivity contribution in [1.82, 2.24) is 0 Å². The lowest BCUT2D eigenvalue weighted by Gasteiger charge is -2.25. The molecule has 3 rings (SSSR count). The number of halogens is 1. The highest BCUT2D eigenvalue weighted by Gasteiger charge is 2.33. The van der Waals surface area contributed by atoms with Crippen molar-refractivity contribution in [2.45, 2.75) is 25.7 Å². The molecule has 112 valence electrons. The molecule has 1 aliphatic heterocycles. The highest BCUT2D eigenvalue weighted by Crippen LogP contribution is 2.36. The summed E-state index contributed by atoms with van der Waals surface area (Å²) in [4.78, 5) is 2.26. The Morgan fingerprint density at radius 2 is 2.05 bits per heavy atom. The van der Waals surface area contributed by atoms with Crippen molar-refractivity contribution in [3.8, 4) is 6.07 Å². The van der Waals surface area contributed by atoms with Gasteiger partial charge in [-0.25, -0.2) is 0 Å². The topological polar surface area (TPSA) is 36.3 Å². The first-order valence-corrected chi connectivity index (χ1v) is 8.18. The van der Waals surface area contributed by atoms with E-state index >= 15 is 0 Å². The summed E-state index contributed by atoms with van der Waals surface area (Å²) in [6, 6.07) is 18.1. The number of hydrogen-bond donors (Lipinski definition) is 0. The fraction of sp³-hybridized carbons (Fsp3) is 0.278. The molecule has 0 aromatic heterocycles. The zero-order valence-electron chi connectivity index (χ0n) is 12.4. The number of benzene rings is 2. The van der Waals surface area contributed by atoms with Gasteiger partial charge in [-0.2, -0.15) is 5.26 Å². The van der Waals surface area contributed by atoms with Gasteiger partial charge < -0.3 is 9.64 Å². The molecule has 1 fully saturated rings. The Balaban J connectivity index is 1.95. The lowest BCUT2D eigenvalue weighted by Crippen LogP contribution is -2.24. The number of rotatable bonds is 3. The van der Waals surface area contributed by atoms with Crippen LogP contribution in [0.3, 0.4) is 0 Å². The smallest absolute Gasteiger partial charge is 0.157 e. The molecule has 2 aromatic rings. The van der Waals surface area contributed by atoms with Crippen LogP contribution in [0.4, 0.5) is 5.69 Å². The fourth-order valence-corrected chi connectivity index (χ4v) is 3.00. The molecule has 2 unspecified atom stereocenters. The van der Waals surface area contributed by atoms with Crippen LogP contribution in [0.1, 0.15) is 30.7 Å². The van der Waals surface area contributed by atoms with Crippen LogP contribution < -0.4 is 4.90 Å². The van der Waals surface area contributed by atoms with Crippen LogP contribution in [0.2, 0.25) is 0 Å². The molecule has 2 aromatic carbocycles. The van der Waals surface area contributed by atoms with Crippen LogP contribution in [0, 0.1) is 11.3 Å². The van der Waals surface area contributed by atoms with E-state index in [0.717, 1.165) is 28.7 Å². The molecule has 2 atom stereocenters. The molecule has 0 aliphatic carbocycles. The van der Waals surface area contributed by atoms with Gasteiger partial charge in [0.1, 0.15) is 0 Å². The predicted molar refractivity (Wildman–Crippen MR) is 90.6 cm³/mol. The van der Waals surface area contributed by atoms with Gasteiger partial charge in [0.25, 0.3) is 0 Å². The second kappa shape index (κ2) is 6.51. The van der Waals surface area contributed by atoms with Gasteiger partial charge in [-0.15, -0.1) is 0 Å². The number of nitrogens with zero attached hydrogens (tertiary/aromatic N) is 2. The van der Waals surface area contributed by atoms with E-state index in [1.54, 1.807) is 0 Å². The van der Waals surface area contributed by atoms with E-state index in [0.29, 0.717) is 5.56 Å². The van der Waals surface area contributed by atoms with Crippen LogP contribution >= 0.6 is 15.9 Å². The van der Waals surface area contributed by atoms with Crippen LogP contribution in [0.5, 0.6) is 0 Å². The first-order chi connectivity index (χ1) is 10.7. The van der Waals surface area contributed by atoms with Crippen LogP contribution in [0.15, 0.2) is 53.0 Å². The van der Waals surface area contributed by atoms with Crippen molar-refractivity contribution in [3.05, 3.63) is 64.1 Å². The normalized spacial score (nSPS) is 20.9. The average Bonchev–Trinajstić information content (AvgIpc) is 3.00. The standard InChI is InChI=1S/C18H17BrN2O/c1-2-17-12-21(16-8-6-15(19)7-9-16)18(22-17)14-5-3-4-13(10-14)11-20/h3-10,17-18H,2,12H2,1H3. The maximum Gasteiger partial charge on any atom is 0.157 e. The van der Waals surface area contributed by atoms with E-state index in [4.69, 9.17) is 10.00 Å². The number of ether oxygens (including phenoxy) is 1. The Labute approximate surface area is 139 Å². The van der Waals surface area contributed by atoms with Crippen molar-refractivity contribution in [3.63, 3.8) is 0 Å². The molecule has 1 saturated heterocycles. The summed E-state index contributed by atoms with van der Waals surface area (Å²) in [5.41, 5.74) is 2.82. The number of anilines is 1. The molecule has 0 amide bonds.